The van der Waals surface area contributed by atoms with Crippen LogP contribution in [-0.2, 0) is 0 Å². The van der Waals surface area contributed by atoms with E-state index in [0.717, 1.165) is 0 Å². The summed E-state index contributed by atoms with van der Waals surface area (Å²) in [5.41, 5.74) is 7.05. The van der Waals surface area contributed by atoms with E-state index in [1.807, 2.05) is 0 Å². The maximum absolute atomic E-state index is 12.2. The summed E-state index contributed by atoms with van der Waals surface area (Å²) < 4.78 is 10.3. The van der Waals surface area contributed by atoms with E-state index in [-0.39, 0.29) is 5.91 Å². The number of methoxy groups -OCH3 is 2. The maximum Gasteiger partial charge on any atom is 0.255 e. The quantitative estimate of drug-likeness (QED) is 0.889. The zero-order valence-electron chi connectivity index (χ0n) is 11.2. The van der Waals surface area contributed by atoms with Crippen molar-refractivity contribution in [3.63, 3.8) is 0 Å². The van der Waals surface area contributed by atoms with E-state index in [9.17, 15) is 4.79 Å². The Kier molecular flexibility index (Phi) is 4.05. The van der Waals surface area contributed by atoms with Crippen LogP contribution in [0.3, 0.4) is 0 Å². The van der Waals surface area contributed by atoms with Gasteiger partial charge in [-0.1, -0.05) is 0 Å². The molecule has 0 unspecified atom stereocenters. The Balaban J connectivity index is 2.27. The highest BCUT2D eigenvalue weighted by molar-refractivity contribution is 6.06. The topological polar surface area (TPSA) is 86.5 Å². The summed E-state index contributed by atoms with van der Waals surface area (Å²) in [6, 6.07) is 6.56. The Morgan fingerprint density at radius 2 is 1.85 bits per heavy atom. The molecule has 1 aromatic heterocycles. The third-order valence-corrected chi connectivity index (χ3v) is 2.71. The number of ether oxygens (including phenoxy) is 2. The Labute approximate surface area is 116 Å². The largest absolute Gasteiger partial charge is 0.497 e. The van der Waals surface area contributed by atoms with Crippen LogP contribution in [0, 0.1) is 0 Å². The Hall–Kier alpha value is -2.76. The molecule has 6 heteroatoms. The van der Waals surface area contributed by atoms with Gasteiger partial charge < -0.3 is 20.5 Å². The van der Waals surface area contributed by atoms with Crippen molar-refractivity contribution < 1.29 is 14.3 Å². The van der Waals surface area contributed by atoms with Gasteiger partial charge in [-0.2, -0.15) is 0 Å². The number of carbonyl (C=O) groups excluding carboxylic acids is 1. The van der Waals surface area contributed by atoms with Gasteiger partial charge >= 0.3 is 0 Å². The third-order valence-electron chi connectivity index (χ3n) is 2.71. The fraction of sp³-hybridized carbons (Fsp3) is 0.143. The molecule has 0 aliphatic heterocycles. The van der Waals surface area contributed by atoms with Crippen molar-refractivity contribution >= 4 is 17.3 Å². The lowest BCUT2D eigenvalue weighted by Gasteiger charge is -2.10. The minimum Gasteiger partial charge on any atom is -0.497 e. The highest BCUT2D eigenvalue weighted by atomic mass is 16.5. The van der Waals surface area contributed by atoms with Gasteiger partial charge in [0.25, 0.3) is 5.91 Å². The molecule has 0 atom stereocenters. The zero-order chi connectivity index (χ0) is 14.5. The highest BCUT2D eigenvalue weighted by Crippen LogP contribution is 2.24. The van der Waals surface area contributed by atoms with Crippen LogP contribution in [0.15, 0.2) is 36.7 Å². The standard InChI is InChI=1S/C14H15N3O3/c1-19-10-5-9(6-11(7-10)20-2)14(18)17-13-3-4-16-8-12(13)15/h3-8H,15H2,1-2H3,(H,16,17,18). The molecule has 3 N–H and O–H groups in total. The molecule has 0 aliphatic carbocycles. The van der Waals surface area contributed by atoms with Gasteiger partial charge in [-0.3, -0.25) is 9.78 Å². The lowest BCUT2D eigenvalue weighted by atomic mass is 10.2. The summed E-state index contributed by atoms with van der Waals surface area (Å²) in [7, 11) is 3.05. The normalized spacial score (nSPS) is 9.90. The van der Waals surface area contributed by atoms with Gasteiger partial charge in [0.15, 0.2) is 0 Å². The number of nitrogens with zero attached hydrogens (tertiary/aromatic N) is 1. The van der Waals surface area contributed by atoms with Gasteiger partial charge in [-0.05, 0) is 18.2 Å². The van der Waals surface area contributed by atoms with E-state index in [0.29, 0.717) is 28.4 Å². The van der Waals surface area contributed by atoms with E-state index in [2.05, 4.69) is 10.3 Å². The Bertz CT molecular complexity index is 607. The van der Waals surface area contributed by atoms with Crippen molar-refractivity contribution in [3.8, 4) is 11.5 Å². The molecule has 1 aromatic carbocycles. The molecule has 0 spiro atoms. The van der Waals surface area contributed by atoms with Crippen LogP contribution in [0.1, 0.15) is 10.4 Å². The van der Waals surface area contributed by atoms with Crippen LogP contribution < -0.4 is 20.5 Å². The van der Waals surface area contributed by atoms with E-state index in [1.165, 1.54) is 20.4 Å². The number of nitrogens with two attached hydrogens (primary N) is 1. The zero-order valence-corrected chi connectivity index (χ0v) is 11.2. The molecule has 0 radical (unpaired) electrons. The molecular weight excluding hydrogens is 258 g/mol. The molecule has 6 nitrogen and oxygen atoms in total. The smallest absolute Gasteiger partial charge is 0.255 e. The van der Waals surface area contributed by atoms with Crippen molar-refractivity contribution in [2.24, 2.45) is 0 Å². The number of nitrogens with one attached hydrogen (secondary N) is 1. The minimum atomic E-state index is -0.305. The van der Waals surface area contributed by atoms with Crippen molar-refractivity contribution in [1.29, 1.82) is 0 Å². The van der Waals surface area contributed by atoms with Crippen molar-refractivity contribution in [2.75, 3.05) is 25.3 Å². The number of nitrogen functional groups attached to an aromatic ring is 1. The molecular formula is C14H15N3O3. The summed E-state index contributed by atoms with van der Waals surface area (Å²) >= 11 is 0. The first kappa shape index (κ1) is 13.7. The Morgan fingerprint density at radius 1 is 1.20 bits per heavy atom. The summed E-state index contributed by atoms with van der Waals surface area (Å²) in [6.07, 6.45) is 3.03. The summed E-state index contributed by atoms with van der Waals surface area (Å²) in [4.78, 5) is 16.1. The first-order chi connectivity index (χ1) is 9.63. The number of amides is 1. The first-order valence-corrected chi connectivity index (χ1v) is 5.88. The van der Waals surface area contributed by atoms with E-state index < -0.39 is 0 Å². The molecule has 0 saturated heterocycles. The summed E-state index contributed by atoms with van der Waals surface area (Å²) in [5.74, 6) is 0.773. The van der Waals surface area contributed by atoms with Crippen LogP contribution in [0.5, 0.6) is 11.5 Å². The molecule has 0 fully saturated rings. The fourth-order valence-corrected chi connectivity index (χ4v) is 1.65. The second-order valence-electron chi connectivity index (χ2n) is 4.02. The monoisotopic (exact) mass is 273 g/mol. The maximum atomic E-state index is 12.2. The highest BCUT2D eigenvalue weighted by Gasteiger charge is 2.11. The fourth-order valence-electron chi connectivity index (χ4n) is 1.65. The number of hydrogen-bond acceptors (Lipinski definition) is 5. The van der Waals surface area contributed by atoms with Crippen molar-refractivity contribution in [1.82, 2.24) is 4.98 Å². The number of aromatic nitrogens is 1. The van der Waals surface area contributed by atoms with Crippen LogP contribution in [0.2, 0.25) is 0 Å². The lowest BCUT2D eigenvalue weighted by molar-refractivity contribution is 0.102. The molecule has 104 valence electrons. The van der Waals surface area contributed by atoms with Crippen LogP contribution in [0.25, 0.3) is 0 Å². The first-order valence-electron chi connectivity index (χ1n) is 5.88. The third kappa shape index (κ3) is 2.97. The summed E-state index contributed by atoms with van der Waals surface area (Å²) in [5, 5.41) is 2.71. The average Bonchev–Trinajstić information content (AvgIpc) is 2.48. The van der Waals surface area contributed by atoms with Gasteiger partial charge in [0, 0.05) is 17.8 Å². The molecule has 0 bridgehead atoms. The van der Waals surface area contributed by atoms with Gasteiger partial charge in [-0.25, -0.2) is 0 Å². The number of pyridine rings is 1. The van der Waals surface area contributed by atoms with E-state index in [4.69, 9.17) is 15.2 Å². The molecule has 2 rings (SSSR count). The summed E-state index contributed by atoms with van der Waals surface area (Å²) in [6.45, 7) is 0. The van der Waals surface area contributed by atoms with Gasteiger partial charge in [0.05, 0.1) is 31.8 Å². The molecule has 1 heterocycles. The van der Waals surface area contributed by atoms with E-state index in [1.54, 1.807) is 30.5 Å². The van der Waals surface area contributed by atoms with Crippen molar-refractivity contribution in [2.45, 2.75) is 0 Å². The molecule has 0 aliphatic rings. The predicted octanol–water partition coefficient (Wildman–Crippen LogP) is 1.93. The molecule has 20 heavy (non-hydrogen) atoms. The number of rotatable bonds is 4. The molecule has 0 saturated carbocycles. The lowest BCUT2D eigenvalue weighted by Crippen LogP contribution is -2.13. The van der Waals surface area contributed by atoms with Crippen LogP contribution in [0.4, 0.5) is 11.4 Å². The van der Waals surface area contributed by atoms with E-state index >= 15 is 0 Å². The van der Waals surface area contributed by atoms with Crippen LogP contribution in [-0.4, -0.2) is 25.1 Å². The van der Waals surface area contributed by atoms with Gasteiger partial charge in [0.1, 0.15) is 11.5 Å². The van der Waals surface area contributed by atoms with Crippen molar-refractivity contribution in [3.05, 3.63) is 42.2 Å². The SMILES string of the molecule is COc1cc(OC)cc(C(=O)Nc2ccncc2N)c1. The minimum absolute atomic E-state index is 0.305. The van der Waals surface area contributed by atoms with Gasteiger partial charge in [-0.15, -0.1) is 0 Å². The molecule has 2 aromatic rings. The number of anilines is 2. The Morgan fingerprint density at radius 3 is 2.40 bits per heavy atom. The molecule has 1 amide bonds. The van der Waals surface area contributed by atoms with Crippen LogP contribution >= 0.6 is 0 Å². The second kappa shape index (κ2) is 5.92. The number of carbonyl (C=O) groups is 1. The average molecular weight is 273 g/mol. The second-order valence-corrected chi connectivity index (χ2v) is 4.02. The number of benzene rings is 1. The predicted molar refractivity (Wildman–Crippen MR) is 76.1 cm³/mol. The van der Waals surface area contributed by atoms with Gasteiger partial charge in [0.2, 0.25) is 0 Å². The number of hydrogen-bond donors (Lipinski definition) is 2.